The van der Waals surface area contributed by atoms with Gasteiger partial charge in [0.1, 0.15) is 0 Å². The second-order valence-electron chi connectivity index (χ2n) is 5.79. The minimum atomic E-state index is -3.95. The summed E-state index contributed by atoms with van der Waals surface area (Å²) in [5.74, 6) is 0.104. The average molecular weight is 415 g/mol. The zero-order valence-electron chi connectivity index (χ0n) is 14.6. The summed E-state index contributed by atoms with van der Waals surface area (Å²) in [6.45, 7) is 0. The third-order valence-electron chi connectivity index (χ3n) is 3.75. The zero-order chi connectivity index (χ0) is 20.2. The molecule has 3 aromatic carbocycles. The lowest BCUT2D eigenvalue weighted by Crippen LogP contribution is -2.17. The number of hydrogen-bond acceptors (Lipinski definition) is 4. The Kier molecular flexibility index (Phi) is 5.59. The molecule has 0 spiro atoms. The summed E-state index contributed by atoms with van der Waals surface area (Å²) >= 11 is 0. The Morgan fingerprint density at radius 2 is 1.25 bits per heavy atom. The normalized spacial score (nSPS) is 12.5. The van der Waals surface area contributed by atoms with Crippen LogP contribution in [0.15, 0.2) is 99.1 Å². The Hall–Kier alpha value is -3.01. The van der Waals surface area contributed by atoms with Gasteiger partial charge in [-0.3, -0.25) is 0 Å². The number of benzene rings is 3. The van der Waals surface area contributed by atoms with Crippen LogP contribution in [0.4, 0.5) is 5.69 Å². The maximum Gasteiger partial charge on any atom is 0.284 e. The van der Waals surface area contributed by atoms with Crippen molar-refractivity contribution < 1.29 is 16.8 Å². The lowest BCUT2D eigenvalue weighted by Gasteiger charge is -2.11. The van der Waals surface area contributed by atoms with Crippen LogP contribution in [0.2, 0.25) is 0 Å². The van der Waals surface area contributed by atoms with Crippen molar-refractivity contribution in [1.82, 2.24) is 0 Å². The van der Waals surface area contributed by atoms with Crippen molar-refractivity contribution in [3.05, 3.63) is 90.5 Å². The largest absolute Gasteiger partial charge is 0.339 e. The summed E-state index contributed by atoms with van der Waals surface area (Å²) in [7, 11) is -7.77. The van der Waals surface area contributed by atoms with Crippen molar-refractivity contribution in [2.24, 2.45) is 9.54 Å². The highest BCUT2D eigenvalue weighted by Crippen LogP contribution is 2.17. The highest BCUT2D eigenvalue weighted by atomic mass is 32.2. The highest BCUT2D eigenvalue weighted by molar-refractivity contribution is 7.90. The Labute approximate surface area is 163 Å². The second-order valence-corrected chi connectivity index (χ2v) is 8.95. The van der Waals surface area contributed by atoms with Crippen LogP contribution in [0.25, 0.3) is 0 Å². The summed E-state index contributed by atoms with van der Waals surface area (Å²) < 4.78 is 52.1. The molecule has 0 atom stereocenters. The first-order chi connectivity index (χ1) is 13.3. The first kappa shape index (κ1) is 19.7. The molecule has 0 aliphatic heterocycles. The van der Waals surface area contributed by atoms with Crippen molar-refractivity contribution in [3.63, 3.8) is 0 Å². The maximum atomic E-state index is 12.7. The van der Waals surface area contributed by atoms with Gasteiger partial charge in [-0.15, -0.1) is 4.40 Å². The summed E-state index contributed by atoms with van der Waals surface area (Å²) in [5, 5.41) is 8.03. The van der Waals surface area contributed by atoms with Crippen molar-refractivity contribution in [2.75, 3.05) is 5.32 Å². The van der Waals surface area contributed by atoms with E-state index in [-0.39, 0.29) is 15.6 Å². The van der Waals surface area contributed by atoms with Crippen LogP contribution >= 0.6 is 0 Å². The molecule has 28 heavy (non-hydrogen) atoms. The summed E-state index contributed by atoms with van der Waals surface area (Å²) in [5.41, 5.74) is 1.01. The standard InChI is InChI=1S/C19H17N3O4S2/c20-27(23,24)17-13-11-16(12-14-17)21-19(15-7-3-1-4-8-15)22-28(25,26)18-9-5-2-6-10-18/h1-14H,(H,21,22)(H2,20,23,24). The van der Waals surface area contributed by atoms with Crippen LogP contribution in [0.5, 0.6) is 0 Å². The van der Waals surface area contributed by atoms with Crippen LogP contribution in [0.3, 0.4) is 0 Å². The van der Waals surface area contributed by atoms with Gasteiger partial charge in [0.25, 0.3) is 10.0 Å². The predicted octanol–water partition coefficient (Wildman–Crippen LogP) is 2.58. The number of hydrogen-bond donors (Lipinski definition) is 2. The summed E-state index contributed by atoms with van der Waals surface area (Å²) in [4.78, 5) is 0.0166. The molecule has 144 valence electrons. The molecule has 0 saturated heterocycles. The molecule has 0 aromatic heterocycles. The van der Waals surface area contributed by atoms with E-state index in [1.165, 1.54) is 36.4 Å². The van der Waals surface area contributed by atoms with E-state index in [1.54, 1.807) is 48.5 Å². The van der Waals surface area contributed by atoms with E-state index in [1.807, 2.05) is 0 Å². The average Bonchev–Trinajstić information content (AvgIpc) is 2.68. The SMILES string of the molecule is NS(=O)(=O)c1ccc(NC(=NS(=O)(=O)c2ccccc2)c2ccccc2)cc1. The van der Waals surface area contributed by atoms with Gasteiger partial charge in [0.2, 0.25) is 10.0 Å². The highest BCUT2D eigenvalue weighted by Gasteiger charge is 2.16. The van der Waals surface area contributed by atoms with E-state index in [9.17, 15) is 16.8 Å². The first-order valence-electron chi connectivity index (χ1n) is 8.11. The quantitative estimate of drug-likeness (QED) is 0.490. The van der Waals surface area contributed by atoms with Crippen LogP contribution in [0, 0.1) is 0 Å². The predicted molar refractivity (Wildman–Crippen MR) is 108 cm³/mol. The van der Waals surface area contributed by atoms with E-state index in [0.29, 0.717) is 11.3 Å². The Morgan fingerprint density at radius 1 is 0.714 bits per heavy atom. The first-order valence-corrected chi connectivity index (χ1v) is 11.1. The van der Waals surface area contributed by atoms with E-state index < -0.39 is 20.0 Å². The van der Waals surface area contributed by atoms with Gasteiger partial charge in [0, 0.05) is 11.3 Å². The van der Waals surface area contributed by atoms with Crippen molar-refractivity contribution in [3.8, 4) is 0 Å². The number of anilines is 1. The summed E-state index contributed by atoms with van der Waals surface area (Å²) in [6, 6.07) is 22.2. The Balaban J connectivity index is 2.01. The minimum absolute atomic E-state index is 0.0480. The maximum absolute atomic E-state index is 12.7. The van der Waals surface area contributed by atoms with Gasteiger partial charge in [-0.1, -0.05) is 48.5 Å². The molecule has 3 N–H and O–H groups in total. The van der Waals surface area contributed by atoms with Crippen molar-refractivity contribution in [2.45, 2.75) is 9.79 Å². The molecule has 0 radical (unpaired) electrons. The van der Waals surface area contributed by atoms with Crippen molar-refractivity contribution >= 4 is 31.6 Å². The minimum Gasteiger partial charge on any atom is -0.339 e. The van der Waals surface area contributed by atoms with Crippen molar-refractivity contribution in [1.29, 1.82) is 0 Å². The van der Waals surface area contributed by atoms with E-state index in [0.717, 1.165) is 0 Å². The number of primary sulfonamides is 1. The zero-order valence-corrected chi connectivity index (χ0v) is 16.2. The van der Waals surface area contributed by atoms with Crippen LogP contribution in [-0.4, -0.2) is 22.7 Å². The third-order valence-corrected chi connectivity index (χ3v) is 5.97. The molecule has 7 nitrogen and oxygen atoms in total. The molecule has 0 saturated carbocycles. The fourth-order valence-corrected chi connectivity index (χ4v) is 3.89. The monoisotopic (exact) mass is 415 g/mol. The fourth-order valence-electron chi connectivity index (χ4n) is 2.37. The second kappa shape index (κ2) is 7.93. The Morgan fingerprint density at radius 3 is 1.79 bits per heavy atom. The molecule has 0 unspecified atom stereocenters. The molecule has 0 aliphatic carbocycles. The lowest BCUT2D eigenvalue weighted by atomic mass is 10.2. The third kappa shape index (κ3) is 4.83. The van der Waals surface area contributed by atoms with Crippen LogP contribution < -0.4 is 10.5 Å². The number of amidine groups is 1. The topological polar surface area (TPSA) is 119 Å². The van der Waals surface area contributed by atoms with E-state index >= 15 is 0 Å². The molecule has 3 rings (SSSR count). The molecule has 0 bridgehead atoms. The fraction of sp³-hybridized carbons (Fsp3) is 0. The number of sulfonamides is 2. The molecule has 0 aliphatic rings. The van der Waals surface area contributed by atoms with Gasteiger partial charge in [0.05, 0.1) is 9.79 Å². The number of nitrogens with zero attached hydrogens (tertiary/aromatic N) is 1. The molecular formula is C19H17N3O4S2. The molecular weight excluding hydrogens is 398 g/mol. The number of nitrogens with two attached hydrogens (primary N) is 1. The number of nitrogens with one attached hydrogen (secondary N) is 1. The molecule has 9 heteroatoms. The van der Waals surface area contributed by atoms with Gasteiger partial charge in [0.15, 0.2) is 5.84 Å². The van der Waals surface area contributed by atoms with Crippen LogP contribution in [-0.2, 0) is 20.0 Å². The summed E-state index contributed by atoms with van der Waals surface area (Å²) in [6.07, 6.45) is 0. The van der Waals surface area contributed by atoms with Gasteiger partial charge in [-0.25, -0.2) is 13.6 Å². The van der Waals surface area contributed by atoms with Gasteiger partial charge in [-0.2, -0.15) is 8.42 Å². The molecule has 0 fully saturated rings. The number of rotatable bonds is 5. The Bertz CT molecular complexity index is 1190. The van der Waals surface area contributed by atoms with Gasteiger partial charge >= 0.3 is 0 Å². The molecule has 0 heterocycles. The van der Waals surface area contributed by atoms with Gasteiger partial charge in [-0.05, 0) is 36.4 Å². The molecule has 3 aromatic rings. The smallest absolute Gasteiger partial charge is 0.284 e. The van der Waals surface area contributed by atoms with E-state index in [2.05, 4.69) is 9.71 Å². The lowest BCUT2D eigenvalue weighted by molar-refractivity contribution is 0.596. The van der Waals surface area contributed by atoms with Crippen LogP contribution in [0.1, 0.15) is 5.56 Å². The van der Waals surface area contributed by atoms with Gasteiger partial charge < -0.3 is 5.32 Å². The molecule has 0 amide bonds. The van der Waals surface area contributed by atoms with E-state index in [4.69, 9.17) is 5.14 Å².